The number of aliphatic hydroxyl groups excluding tert-OH is 2. The number of aliphatic hydroxyl groups is 2. The Labute approximate surface area is 461 Å². The molecule has 2 atom stereocenters. The van der Waals surface area contributed by atoms with Crippen molar-refractivity contribution in [3.8, 4) is 0 Å². The molecule has 0 saturated heterocycles. The van der Waals surface area contributed by atoms with E-state index in [1.165, 1.54) is 244 Å². The predicted molar refractivity (Wildman–Crippen MR) is 324 cm³/mol. The van der Waals surface area contributed by atoms with Crippen LogP contribution in [-0.4, -0.2) is 47.4 Å². The Morgan fingerprint density at radius 1 is 0.378 bits per heavy atom. The van der Waals surface area contributed by atoms with Gasteiger partial charge in [-0.1, -0.05) is 294 Å². The molecule has 0 aliphatic heterocycles. The van der Waals surface area contributed by atoms with Gasteiger partial charge in [-0.15, -0.1) is 0 Å². The normalized spacial score (nSPS) is 12.9. The molecule has 0 rings (SSSR count). The van der Waals surface area contributed by atoms with Crippen molar-refractivity contribution in [3.05, 3.63) is 48.6 Å². The van der Waals surface area contributed by atoms with Gasteiger partial charge >= 0.3 is 5.97 Å². The molecule has 434 valence electrons. The smallest absolute Gasteiger partial charge is 0.305 e. The van der Waals surface area contributed by atoms with Gasteiger partial charge in [-0.3, -0.25) is 9.59 Å². The van der Waals surface area contributed by atoms with E-state index in [0.717, 1.165) is 77.0 Å². The number of carbonyl (C=O) groups is 2. The lowest BCUT2D eigenvalue weighted by Gasteiger charge is -2.20. The monoisotopic (exact) mass is 1040 g/mol. The summed E-state index contributed by atoms with van der Waals surface area (Å²) in [4.78, 5) is 24.6. The molecule has 0 aromatic rings. The first-order chi connectivity index (χ1) is 36.5. The summed E-state index contributed by atoms with van der Waals surface area (Å²) in [6, 6.07) is -0.638. The average Bonchev–Trinajstić information content (AvgIpc) is 3.40. The molecule has 74 heavy (non-hydrogen) atoms. The zero-order chi connectivity index (χ0) is 53.6. The van der Waals surface area contributed by atoms with Crippen LogP contribution >= 0.6 is 0 Å². The van der Waals surface area contributed by atoms with E-state index >= 15 is 0 Å². The molecule has 6 heteroatoms. The van der Waals surface area contributed by atoms with Crippen LogP contribution in [0.15, 0.2) is 48.6 Å². The van der Waals surface area contributed by atoms with Crippen molar-refractivity contribution in [2.24, 2.45) is 0 Å². The maximum absolute atomic E-state index is 12.5. The van der Waals surface area contributed by atoms with Gasteiger partial charge in [-0.25, -0.2) is 0 Å². The number of hydrogen-bond donors (Lipinski definition) is 3. The highest BCUT2D eigenvalue weighted by Crippen LogP contribution is 2.17. The minimum absolute atomic E-state index is 0.0173. The number of esters is 1. The fourth-order valence-corrected chi connectivity index (χ4v) is 10.0. The number of nitrogens with one attached hydrogen (secondary N) is 1. The fourth-order valence-electron chi connectivity index (χ4n) is 10.0. The van der Waals surface area contributed by atoms with Crippen LogP contribution in [0.3, 0.4) is 0 Å². The van der Waals surface area contributed by atoms with Gasteiger partial charge in [0.15, 0.2) is 0 Å². The molecular formula is C68H127NO5. The van der Waals surface area contributed by atoms with Crippen molar-refractivity contribution in [1.29, 1.82) is 0 Å². The first-order valence-corrected chi connectivity index (χ1v) is 32.9. The van der Waals surface area contributed by atoms with E-state index in [1.807, 2.05) is 6.08 Å². The van der Waals surface area contributed by atoms with Crippen molar-refractivity contribution in [2.45, 2.75) is 360 Å². The van der Waals surface area contributed by atoms with Crippen LogP contribution in [-0.2, 0) is 14.3 Å². The second kappa shape index (κ2) is 63.4. The summed E-state index contributed by atoms with van der Waals surface area (Å²) < 4.78 is 5.47. The van der Waals surface area contributed by atoms with Crippen LogP contribution in [0, 0.1) is 0 Å². The highest BCUT2D eigenvalue weighted by Gasteiger charge is 2.18. The van der Waals surface area contributed by atoms with Crippen molar-refractivity contribution in [2.75, 3.05) is 13.2 Å². The Bertz CT molecular complexity index is 1240. The third kappa shape index (κ3) is 59.1. The SMILES string of the molecule is CCCCCCCC/C=C\CCCCCCCCCC(=O)OCCCCC/C=C\C=C/CCCCCCCCCCCCC(=O)NC(CO)C(O)/C=C/CCCCCCCCCCCCCCCCCCCCC. The maximum atomic E-state index is 12.5. The molecule has 0 radical (unpaired) electrons. The molecule has 0 aromatic carbocycles. The van der Waals surface area contributed by atoms with E-state index < -0.39 is 12.1 Å². The van der Waals surface area contributed by atoms with Crippen LogP contribution in [0.25, 0.3) is 0 Å². The van der Waals surface area contributed by atoms with E-state index in [9.17, 15) is 19.8 Å². The molecule has 0 spiro atoms. The summed E-state index contributed by atoms with van der Waals surface area (Å²) in [6.07, 6.45) is 81.6. The first kappa shape index (κ1) is 71.8. The van der Waals surface area contributed by atoms with E-state index in [1.54, 1.807) is 6.08 Å². The summed E-state index contributed by atoms with van der Waals surface area (Å²) >= 11 is 0. The van der Waals surface area contributed by atoms with Crippen LogP contribution < -0.4 is 5.32 Å². The van der Waals surface area contributed by atoms with Gasteiger partial charge in [0.05, 0.1) is 25.4 Å². The molecule has 1 amide bonds. The third-order valence-electron chi connectivity index (χ3n) is 15.1. The first-order valence-electron chi connectivity index (χ1n) is 32.9. The van der Waals surface area contributed by atoms with Gasteiger partial charge in [-0.05, 0) is 89.9 Å². The zero-order valence-electron chi connectivity index (χ0n) is 49.6. The number of allylic oxidation sites excluding steroid dienone is 7. The molecule has 0 heterocycles. The van der Waals surface area contributed by atoms with Crippen molar-refractivity contribution in [1.82, 2.24) is 5.32 Å². The van der Waals surface area contributed by atoms with Crippen LogP contribution in [0.2, 0.25) is 0 Å². The molecule has 0 saturated carbocycles. The minimum Gasteiger partial charge on any atom is -0.466 e. The lowest BCUT2D eigenvalue weighted by Crippen LogP contribution is -2.45. The standard InChI is InChI=1S/C68H127NO5/c1-3-5-7-9-11-13-15-17-19-21-22-23-25-29-32-36-40-44-48-52-56-60-66(71)65(64-70)69-67(72)61-57-53-49-45-41-37-33-30-26-24-27-31-35-39-43-47-51-55-59-63-74-68(73)62-58-54-50-46-42-38-34-28-20-18-16-14-12-10-8-6-4-2/h18,20,31,35,39,43,56,60,65-66,70-71H,3-17,19,21-30,32-34,36-38,40-42,44-55,57-59,61-64H2,1-2H3,(H,69,72)/b20-18-,35-31-,43-39-,60-56+. The molecule has 0 bridgehead atoms. The number of unbranched alkanes of at least 4 members (excludes halogenated alkanes) is 45. The van der Waals surface area contributed by atoms with E-state index in [4.69, 9.17) is 4.74 Å². The van der Waals surface area contributed by atoms with E-state index in [-0.39, 0.29) is 18.5 Å². The fraction of sp³-hybridized carbons (Fsp3) is 0.853. The number of hydrogen-bond acceptors (Lipinski definition) is 5. The second-order valence-electron chi connectivity index (χ2n) is 22.5. The topological polar surface area (TPSA) is 95.9 Å². The Morgan fingerprint density at radius 2 is 0.676 bits per heavy atom. The van der Waals surface area contributed by atoms with Crippen molar-refractivity contribution >= 4 is 11.9 Å². The van der Waals surface area contributed by atoms with Gasteiger partial charge in [0.25, 0.3) is 0 Å². The van der Waals surface area contributed by atoms with Crippen molar-refractivity contribution in [3.63, 3.8) is 0 Å². The molecule has 2 unspecified atom stereocenters. The summed E-state index contributed by atoms with van der Waals surface area (Å²) in [5.41, 5.74) is 0. The predicted octanol–water partition coefficient (Wildman–Crippen LogP) is 20.9. The van der Waals surface area contributed by atoms with Crippen LogP contribution in [0.1, 0.15) is 348 Å². The average molecular weight is 1040 g/mol. The highest BCUT2D eigenvalue weighted by atomic mass is 16.5. The quantitative estimate of drug-likeness (QED) is 0.0244. The second-order valence-corrected chi connectivity index (χ2v) is 22.5. The van der Waals surface area contributed by atoms with Crippen LogP contribution in [0.4, 0.5) is 0 Å². The maximum Gasteiger partial charge on any atom is 0.305 e. The molecule has 3 N–H and O–H groups in total. The molecule has 0 aliphatic carbocycles. The van der Waals surface area contributed by atoms with Gasteiger partial charge in [-0.2, -0.15) is 0 Å². The molecular weight excluding hydrogens is 911 g/mol. The Morgan fingerprint density at radius 3 is 1.04 bits per heavy atom. The highest BCUT2D eigenvalue weighted by molar-refractivity contribution is 5.76. The number of ether oxygens (including phenoxy) is 1. The minimum atomic E-state index is -0.853. The third-order valence-corrected chi connectivity index (χ3v) is 15.1. The number of rotatable bonds is 61. The van der Waals surface area contributed by atoms with Crippen molar-refractivity contribution < 1.29 is 24.5 Å². The zero-order valence-corrected chi connectivity index (χ0v) is 49.6. The van der Waals surface area contributed by atoms with Gasteiger partial charge in [0.2, 0.25) is 5.91 Å². The van der Waals surface area contributed by atoms with E-state index in [2.05, 4.69) is 55.6 Å². The lowest BCUT2D eigenvalue weighted by molar-refractivity contribution is -0.143. The molecule has 0 aliphatic rings. The molecule has 0 fully saturated rings. The Hall–Kier alpha value is -2.18. The number of amides is 1. The summed E-state index contributed by atoms with van der Waals surface area (Å²) in [5.74, 6) is -0.0929. The van der Waals surface area contributed by atoms with Gasteiger partial charge in [0.1, 0.15) is 0 Å². The van der Waals surface area contributed by atoms with Gasteiger partial charge < -0.3 is 20.3 Å². The summed E-state index contributed by atoms with van der Waals surface area (Å²) in [5, 5.41) is 23.2. The Kier molecular flexibility index (Phi) is 61.5. The molecule has 6 nitrogen and oxygen atoms in total. The molecule has 0 aromatic heterocycles. The largest absolute Gasteiger partial charge is 0.466 e. The van der Waals surface area contributed by atoms with Crippen LogP contribution in [0.5, 0.6) is 0 Å². The number of carbonyl (C=O) groups excluding carboxylic acids is 2. The lowest BCUT2D eigenvalue weighted by atomic mass is 10.0. The summed E-state index contributed by atoms with van der Waals surface area (Å²) in [6.45, 7) is 4.88. The van der Waals surface area contributed by atoms with Gasteiger partial charge in [0, 0.05) is 12.8 Å². The van der Waals surface area contributed by atoms with E-state index in [0.29, 0.717) is 19.4 Å². The summed E-state index contributed by atoms with van der Waals surface area (Å²) in [7, 11) is 0. The Balaban J connectivity index is 3.50.